The van der Waals surface area contributed by atoms with Crippen molar-refractivity contribution in [3.8, 4) is 0 Å². The number of aliphatic hydroxyl groups excluding tert-OH is 1. The highest BCUT2D eigenvalue weighted by Gasteiger charge is 2.02. The van der Waals surface area contributed by atoms with Gasteiger partial charge in [-0.05, 0) is 24.1 Å². The lowest BCUT2D eigenvalue weighted by molar-refractivity contribution is 0.265. The molecule has 1 atom stereocenters. The van der Waals surface area contributed by atoms with Crippen molar-refractivity contribution in [3.05, 3.63) is 35.6 Å². The van der Waals surface area contributed by atoms with Crippen LogP contribution >= 0.6 is 12.4 Å². The van der Waals surface area contributed by atoms with E-state index in [1.807, 2.05) is 0 Å². The number of rotatable bonds is 3. The van der Waals surface area contributed by atoms with E-state index >= 15 is 0 Å². The summed E-state index contributed by atoms with van der Waals surface area (Å²) in [6, 6.07) is 5.93. The van der Waals surface area contributed by atoms with Gasteiger partial charge in [0.1, 0.15) is 5.82 Å². The van der Waals surface area contributed by atoms with E-state index in [4.69, 9.17) is 10.8 Å². The maximum absolute atomic E-state index is 12.6. The predicted molar refractivity (Wildman–Crippen MR) is 52.4 cm³/mol. The average molecular weight is 206 g/mol. The molecule has 0 fully saturated rings. The van der Waals surface area contributed by atoms with Crippen LogP contribution in [0.2, 0.25) is 0 Å². The highest BCUT2D eigenvalue weighted by Crippen LogP contribution is 2.05. The van der Waals surface area contributed by atoms with Gasteiger partial charge in [-0.1, -0.05) is 12.1 Å². The monoisotopic (exact) mass is 205 g/mol. The third-order valence-electron chi connectivity index (χ3n) is 1.62. The fraction of sp³-hybridized carbons (Fsp3) is 0.333. The summed E-state index contributed by atoms with van der Waals surface area (Å²) in [7, 11) is 0. The Balaban J connectivity index is 0.00000144. The van der Waals surface area contributed by atoms with Crippen LogP contribution in [0.25, 0.3) is 0 Å². The number of hydrogen-bond acceptors (Lipinski definition) is 2. The molecule has 2 nitrogen and oxygen atoms in total. The Morgan fingerprint density at radius 2 is 2.15 bits per heavy atom. The minimum Gasteiger partial charge on any atom is -0.395 e. The SMILES string of the molecule is Cl.NC(CO)Cc1cccc(F)c1. The number of hydrogen-bond donors (Lipinski definition) is 2. The number of nitrogens with two attached hydrogens (primary N) is 1. The molecular weight excluding hydrogens is 193 g/mol. The van der Waals surface area contributed by atoms with Crippen molar-refractivity contribution < 1.29 is 9.50 Å². The molecule has 0 aromatic heterocycles. The first kappa shape index (κ1) is 12.4. The van der Waals surface area contributed by atoms with E-state index in [1.165, 1.54) is 12.1 Å². The minimum atomic E-state index is -0.299. The van der Waals surface area contributed by atoms with Crippen molar-refractivity contribution in [2.75, 3.05) is 6.61 Å². The number of aliphatic hydroxyl groups is 1. The average Bonchev–Trinajstić information content (AvgIpc) is 2.04. The first-order chi connectivity index (χ1) is 5.72. The summed E-state index contributed by atoms with van der Waals surface area (Å²) in [6.45, 7) is -0.0729. The zero-order valence-corrected chi connectivity index (χ0v) is 7.93. The quantitative estimate of drug-likeness (QED) is 0.777. The molecule has 0 spiro atoms. The lowest BCUT2D eigenvalue weighted by Crippen LogP contribution is -2.26. The molecule has 0 saturated heterocycles. The molecule has 0 aliphatic heterocycles. The molecule has 0 bridgehead atoms. The Morgan fingerprint density at radius 1 is 1.46 bits per heavy atom. The van der Waals surface area contributed by atoms with Crippen LogP contribution in [0.5, 0.6) is 0 Å². The molecule has 0 amide bonds. The fourth-order valence-corrected chi connectivity index (χ4v) is 1.03. The molecule has 1 aromatic rings. The van der Waals surface area contributed by atoms with Gasteiger partial charge in [0.15, 0.2) is 0 Å². The van der Waals surface area contributed by atoms with E-state index in [2.05, 4.69) is 0 Å². The molecule has 74 valence electrons. The second-order valence-corrected chi connectivity index (χ2v) is 2.78. The second-order valence-electron chi connectivity index (χ2n) is 2.78. The fourth-order valence-electron chi connectivity index (χ4n) is 1.03. The molecule has 3 N–H and O–H groups in total. The van der Waals surface area contributed by atoms with Crippen molar-refractivity contribution >= 4 is 12.4 Å². The van der Waals surface area contributed by atoms with E-state index in [0.717, 1.165) is 5.56 Å². The Morgan fingerprint density at radius 3 is 2.69 bits per heavy atom. The van der Waals surface area contributed by atoms with Gasteiger partial charge in [0, 0.05) is 6.04 Å². The van der Waals surface area contributed by atoms with Crippen molar-refractivity contribution in [2.24, 2.45) is 5.73 Å². The summed E-state index contributed by atoms with van der Waals surface area (Å²) in [4.78, 5) is 0. The van der Waals surface area contributed by atoms with Crippen LogP contribution in [0.1, 0.15) is 5.56 Å². The van der Waals surface area contributed by atoms with Crippen molar-refractivity contribution in [3.63, 3.8) is 0 Å². The number of benzene rings is 1. The zero-order valence-electron chi connectivity index (χ0n) is 7.11. The van der Waals surface area contributed by atoms with Crippen molar-refractivity contribution in [2.45, 2.75) is 12.5 Å². The first-order valence-corrected chi connectivity index (χ1v) is 3.83. The Labute approximate surface area is 83.0 Å². The van der Waals surface area contributed by atoms with E-state index in [1.54, 1.807) is 12.1 Å². The number of halogens is 2. The summed E-state index contributed by atoms with van der Waals surface area (Å²) in [5, 5.41) is 8.65. The molecule has 1 aromatic carbocycles. The van der Waals surface area contributed by atoms with Crippen LogP contribution in [0.4, 0.5) is 4.39 Å². The summed E-state index contributed by atoms with van der Waals surface area (Å²) in [6.07, 6.45) is 0.508. The van der Waals surface area contributed by atoms with Crippen LogP contribution < -0.4 is 5.73 Å². The first-order valence-electron chi connectivity index (χ1n) is 3.83. The molecular formula is C9H13ClFNO. The highest BCUT2D eigenvalue weighted by atomic mass is 35.5. The van der Waals surface area contributed by atoms with Crippen LogP contribution in [0.3, 0.4) is 0 Å². The second kappa shape index (κ2) is 5.91. The zero-order chi connectivity index (χ0) is 8.97. The lowest BCUT2D eigenvalue weighted by atomic mass is 10.1. The van der Waals surface area contributed by atoms with Gasteiger partial charge in [0.2, 0.25) is 0 Å². The standard InChI is InChI=1S/C9H12FNO.ClH/c10-8-3-1-2-7(4-8)5-9(11)6-12;/h1-4,9,12H,5-6,11H2;1H. The van der Waals surface area contributed by atoms with Gasteiger partial charge in [-0.2, -0.15) is 0 Å². The molecule has 0 saturated carbocycles. The third kappa shape index (κ3) is 4.22. The van der Waals surface area contributed by atoms with Crippen LogP contribution in [-0.2, 0) is 6.42 Å². The normalized spacial score (nSPS) is 11.9. The van der Waals surface area contributed by atoms with Crippen LogP contribution in [0.15, 0.2) is 24.3 Å². The van der Waals surface area contributed by atoms with Gasteiger partial charge in [0.05, 0.1) is 6.61 Å². The topological polar surface area (TPSA) is 46.2 Å². The van der Waals surface area contributed by atoms with Crippen molar-refractivity contribution in [1.82, 2.24) is 0 Å². The van der Waals surface area contributed by atoms with E-state index in [-0.39, 0.29) is 30.9 Å². The molecule has 4 heteroatoms. The van der Waals surface area contributed by atoms with E-state index in [9.17, 15) is 4.39 Å². The molecule has 0 aliphatic rings. The van der Waals surface area contributed by atoms with Gasteiger partial charge < -0.3 is 10.8 Å². The van der Waals surface area contributed by atoms with E-state index in [0.29, 0.717) is 6.42 Å². The van der Waals surface area contributed by atoms with Crippen LogP contribution in [-0.4, -0.2) is 17.8 Å². The maximum Gasteiger partial charge on any atom is 0.123 e. The van der Waals surface area contributed by atoms with Gasteiger partial charge in [0.25, 0.3) is 0 Å². The van der Waals surface area contributed by atoms with Crippen LogP contribution in [0, 0.1) is 5.82 Å². The van der Waals surface area contributed by atoms with Gasteiger partial charge in [-0.25, -0.2) is 4.39 Å². The van der Waals surface area contributed by atoms with E-state index < -0.39 is 0 Å². The molecule has 13 heavy (non-hydrogen) atoms. The molecule has 0 aliphatic carbocycles. The molecule has 0 heterocycles. The van der Waals surface area contributed by atoms with Gasteiger partial charge in [-0.3, -0.25) is 0 Å². The lowest BCUT2D eigenvalue weighted by Gasteiger charge is -2.07. The highest BCUT2D eigenvalue weighted by molar-refractivity contribution is 5.85. The molecule has 1 rings (SSSR count). The van der Waals surface area contributed by atoms with Gasteiger partial charge >= 0.3 is 0 Å². The predicted octanol–water partition coefficient (Wildman–Crippen LogP) is 1.11. The largest absolute Gasteiger partial charge is 0.395 e. The van der Waals surface area contributed by atoms with Gasteiger partial charge in [-0.15, -0.1) is 12.4 Å². The summed E-state index contributed by atoms with van der Waals surface area (Å²) in [5.74, 6) is -0.266. The smallest absolute Gasteiger partial charge is 0.123 e. The Kier molecular flexibility index (Phi) is 5.62. The summed E-state index contributed by atoms with van der Waals surface area (Å²) in [5.41, 5.74) is 6.30. The third-order valence-corrected chi connectivity index (χ3v) is 1.62. The van der Waals surface area contributed by atoms with Crippen molar-refractivity contribution in [1.29, 1.82) is 0 Å². The maximum atomic E-state index is 12.6. The molecule has 1 unspecified atom stereocenters. The Bertz CT molecular complexity index is 257. The minimum absolute atomic E-state index is 0. The summed E-state index contributed by atoms with van der Waals surface area (Å²) < 4.78 is 12.6. The molecule has 0 radical (unpaired) electrons. The summed E-state index contributed by atoms with van der Waals surface area (Å²) >= 11 is 0. The Hall–Kier alpha value is -0.640.